The van der Waals surface area contributed by atoms with E-state index >= 15 is 0 Å². The Labute approximate surface area is 214 Å². The first-order chi connectivity index (χ1) is 17.0. The SMILES string of the molecule is COc1ccc(C(=O)N(CC(=O)N2CCc3sccc3C2COc2ccc(Cl)cc2)C2CC2)cc1. The summed E-state index contributed by atoms with van der Waals surface area (Å²) in [5.41, 5.74) is 1.69. The lowest BCUT2D eigenvalue weighted by molar-refractivity contribution is -0.135. The molecule has 8 heteroatoms. The minimum atomic E-state index is -0.203. The molecule has 0 N–H and O–H groups in total. The molecule has 1 aliphatic carbocycles. The van der Waals surface area contributed by atoms with E-state index in [0.717, 1.165) is 24.8 Å². The van der Waals surface area contributed by atoms with E-state index in [1.807, 2.05) is 17.0 Å². The summed E-state index contributed by atoms with van der Waals surface area (Å²) in [7, 11) is 1.59. The highest BCUT2D eigenvalue weighted by atomic mass is 35.5. The van der Waals surface area contributed by atoms with E-state index in [1.165, 1.54) is 4.88 Å². The van der Waals surface area contributed by atoms with E-state index in [0.29, 0.717) is 35.2 Å². The molecule has 2 amide bonds. The Balaban J connectivity index is 1.32. The minimum absolute atomic E-state index is 0.0553. The van der Waals surface area contributed by atoms with Gasteiger partial charge in [0.25, 0.3) is 5.91 Å². The van der Waals surface area contributed by atoms with Crippen LogP contribution in [-0.2, 0) is 11.2 Å². The summed E-state index contributed by atoms with van der Waals surface area (Å²) in [4.78, 5) is 31.8. The normalized spacial score (nSPS) is 17.0. The van der Waals surface area contributed by atoms with E-state index in [4.69, 9.17) is 21.1 Å². The van der Waals surface area contributed by atoms with Crippen molar-refractivity contribution in [1.29, 1.82) is 0 Å². The van der Waals surface area contributed by atoms with E-state index < -0.39 is 0 Å². The first kappa shape index (κ1) is 23.7. The third-order valence-corrected chi connectivity index (χ3v) is 7.78. The van der Waals surface area contributed by atoms with Crippen LogP contribution in [0.1, 0.15) is 39.7 Å². The van der Waals surface area contributed by atoms with Crippen molar-refractivity contribution in [1.82, 2.24) is 9.80 Å². The Bertz CT molecular complexity index is 1190. The Morgan fingerprint density at radius 2 is 1.77 bits per heavy atom. The molecule has 1 atom stereocenters. The number of methoxy groups -OCH3 is 1. The monoisotopic (exact) mass is 510 g/mol. The van der Waals surface area contributed by atoms with Gasteiger partial charge in [0.15, 0.2) is 0 Å². The number of ether oxygens (including phenoxy) is 2. The topological polar surface area (TPSA) is 59.1 Å². The predicted octanol–water partition coefficient (Wildman–Crippen LogP) is 5.22. The van der Waals surface area contributed by atoms with E-state index in [9.17, 15) is 9.59 Å². The number of fused-ring (bicyclic) bond motifs is 1. The van der Waals surface area contributed by atoms with Gasteiger partial charge < -0.3 is 19.3 Å². The van der Waals surface area contributed by atoms with Gasteiger partial charge in [-0.05, 0) is 84.8 Å². The smallest absolute Gasteiger partial charge is 0.254 e. The van der Waals surface area contributed by atoms with Gasteiger partial charge in [0.1, 0.15) is 24.7 Å². The summed E-state index contributed by atoms with van der Waals surface area (Å²) in [5, 5.41) is 2.71. The van der Waals surface area contributed by atoms with Gasteiger partial charge in [-0.1, -0.05) is 11.6 Å². The van der Waals surface area contributed by atoms with Crippen LogP contribution < -0.4 is 9.47 Å². The fraction of sp³-hybridized carbons (Fsp3) is 0.333. The van der Waals surface area contributed by atoms with E-state index in [-0.39, 0.29) is 30.4 Å². The van der Waals surface area contributed by atoms with Crippen molar-refractivity contribution in [3.05, 3.63) is 81.0 Å². The molecule has 3 aromatic rings. The molecule has 1 aromatic heterocycles. The van der Waals surface area contributed by atoms with Crippen LogP contribution in [0.25, 0.3) is 0 Å². The molecule has 182 valence electrons. The molecule has 2 heterocycles. The van der Waals surface area contributed by atoms with Crippen molar-refractivity contribution in [2.75, 3.05) is 26.8 Å². The summed E-state index contributed by atoms with van der Waals surface area (Å²) in [6.07, 6.45) is 2.66. The molecule has 2 aromatic carbocycles. The summed E-state index contributed by atoms with van der Waals surface area (Å²) in [6.45, 7) is 1.01. The third-order valence-electron chi connectivity index (χ3n) is 6.53. The average molecular weight is 511 g/mol. The Hall–Kier alpha value is -3.03. The van der Waals surface area contributed by atoms with Crippen LogP contribution in [0.3, 0.4) is 0 Å². The lowest BCUT2D eigenvalue weighted by Crippen LogP contribution is -2.48. The maximum Gasteiger partial charge on any atom is 0.254 e. The highest BCUT2D eigenvalue weighted by Gasteiger charge is 2.38. The van der Waals surface area contributed by atoms with Crippen molar-refractivity contribution < 1.29 is 19.1 Å². The van der Waals surface area contributed by atoms with Gasteiger partial charge in [-0.3, -0.25) is 9.59 Å². The molecule has 1 aliphatic heterocycles. The van der Waals surface area contributed by atoms with Gasteiger partial charge in [-0.15, -0.1) is 11.3 Å². The number of rotatable bonds is 8. The highest BCUT2D eigenvalue weighted by molar-refractivity contribution is 7.10. The molecule has 35 heavy (non-hydrogen) atoms. The van der Waals surface area contributed by atoms with Gasteiger partial charge >= 0.3 is 0 Å². The van der Waals surface area contributed by atoms with E-state index in [2.05, 4.69) is 11.4 Å². The lowest BCUT2D eigenvalue weighted by Gasteiger charge is -2.37. The molecular weight excluding hydrogens is 484 g/mol. The van der Waals surface area contributed by atoms with Crippen LogP contribution >= 0.6 is 22.9 Å². The van der Waals surface area contributed by atoms with Gasteiger partial charge in [0.05, 0.1) is 13.2 Å². The summed E-state index contributed by atoms with van der Waals surface area (Å²) < 4.78 is 11.3. The number of benzene rings is 2. The van der Waals surface area contributed by atoms with Crippen LogP contribution in [0.4, 0.5) is 0 Å². The summed E-state index contributed by atoms with van der Waals surface area (Å²) in [6, 6.07) is 16.3. The van der Waals surface area contributed by atoms with Crippen LogP contribution in [-0.4, -0.2) is 54.5 Å². The summed E-state index contributed by atoms with van der Waals surface area (Å²) >= 11 is 7.71. The van der Waals surface area contributed by atoms with Crippen molar-refractivity contribution in [2.24, 2.45) is 0 Å². The van der Waals surface area contributed by atoms with Gasteiger partial charge in [0.2, 0.25) is 5.91 Å². The standard InChI is InChI=1S/C27H27ClN2O4S/c1-33-21-8-2-18(3-9-21)27(32)30(20-6-7-20)16-26(31)29-14-12-25-23(13-15-35-25)24(29)17-34-22-10-4-19(28)5-11-22/h2-5,8-11,13,15,20,24H,6-7,12,14,16-17H2,1H3. The molecule has 6 nitrogen and oxygen atoms in total. The molecule has 0 saturated heterocycles. The fourth-order valence-electron chi connectivity index (χ4n) is 4.47. The number of amides is 2. The first-order valence-electron chi connectivity index (χ1n) is 11.7. The maximum absolute atomic E-state index is 13.6. The average Bonchev–Trinajstić information content (AvgIpc) is 3.61. The van der Waals surface area contributed by atoms with Crippen molar-refractivity contribution in [3.63, 3.8) is 0 Å². The van der Waals surface area contributed by atoms with Gasteiger partial charge in [-0.25, -0.2) is 0 Å². The second-order valence-corrected chi connectivity index (χ2v) is 10.2. The lowest BCUT2D eigenvalue weighted by atomic mass is 10.0. The summed E-state index contributed by atoms with van der Waals surface area (Å²) in [5.74, 6) is 1.23. The number of nitrogens with zero attached hydrogens (tertiary/aromatic N) is 2. The Morgan fingerprint density at radius 1 is 1.06 bits per heavy atom. The number of hydrogen-bond donors (Lipinski definition) is 0. The van der Waals surface area contributed by atoms with Gasteiger partial charge in [0, 0.05) is 28.0 Å². The number of carbonyl (C=O) groups excluding carboxylic acids is 2. The zero-order valence-corrected chi connectivity index (χ0v) is 21.1. The number of hydrogen-bond acceptors (Lipinski definition) is 5. The Kier molecular flexibility index (Phi) is 6.97. The number of halogens is 1. The minimum Gasteiger partial charge on any atom is -0.497 e. The van der Waals surface area contributed by atoms with Crippen LogP contribution in [0.2, 0.25) is 5.02 Å². The highest BCUT2D eigenvalue weighted by Crippen LogP contribution is 2.35. The number of carbonyl (C=O) groups is 2. The zero-order valence-electron chi connectivity index (χ0n) is 19.5. The quantitative estimate of drug-likeness (QED) is 0.417. The Morgan fingerprint density at radius 3 is 2.46 bits per heavy atom. The fourth-order valence-corrected chi connectivity index (χ4v) is 5.52. The second-order valence-electron chi connectivity index (χ2n) is 8.81. The third kappa shape index (κ3) is 5.31. The first-order valence-corrected chi connectivity index (χ1v) is 13.0. The molecule has 2 aliphatic rings. The van der Waals surface area contributed by atoms with Crippen molar-refractivity contribution in [3.8, 4) is 11.5 Å². The van der Waals surface area contributed by atoms with Crippen LogP contribution in [0.15, 0.2) is 60.0 Å². The molecule has 0 radical (unpaired) electrons. The largest absolute Gasteiger partial charge is 0.497 e. The molecule has 5 rings (SSSR count). The number of thiophene rings is 1. The second kappa shape index (κ2) is 10.3. The van der Waals surface area contributed by atoms with Crippen LogP contribution in [0, 0.1) is 0 Å². The van der Waals surface area contributed by atoms with Crippen LogP contribution in [0.5, 0.6) is 11.5 Å². The molecule has 0 bridgehead atoms. The molecule has 1 fully saturated rings. The van der Waals surface area contributed by atoms with Crippen molar-refractivity contribution >= 4 is 34.8 Å². The molecular formula is C27H27ClN2O4S. The molecule has 1 unspecified atom stereocenters. The maximum atomic E-state index is 13.6. The zero-order chi connectivity index (χ0) is 24.4. The molecule has 0 spiro atoms. The predicted molar refractivity (Wildman–Crippen MR) is 136 cm³/mol. The van der Waals surface area contributed by atoms with E-state index in [1.54, 1.807) is 59.7 Å². The van der Waals surface area contributed by atoms with Crippen molar-refractivity contribution in [2.45, 2.75) is 31.3 Å². The van der Waals surface area contributed by atoms with Gasteiger partial charge in [-0.2, -0.15) is 0 Å². The molecule has 1 saturated carbocycles.